The van der Waals surface area contributed by atoms with Crippen LogP contribution in [-0.4, -0.2) is 29.4 Å². The summed E-state index contributed by atoms with van der Waals surface area (Å²) in [5.74, 6) is -0.354. The molecule has 0 spiro atoms. The maximum atomic E-state index is 11.7. The summed E-state index contributed by atoms with van der Waals surface area (Å²) in [6, 6.07) is 0. The summed E-state index contributed by atoms with van der Waals surface area (Å²) in [6.07, 6.45) is 0.899. The third kappa shape index (κ3) is 2.07. The van der Waals surface area contributed by atoms with Crippen LogP contribution in [0, 0.1) is 0 Å². The Morgan fingerprint density at radius 3 is 2.76 bits per heavy atom. The number of hydrogen-bond donors (Lipinski definition) is 1. The van der Waals surface area contributed by atoms with Gasteiger partial charge in [-0.15, -0.1) is 0 Å². The molecule has 1 aromatic rings. The lowest BCUT2D eigenvalue weighted by Crippen LogP contribution is -2.30. The molecule has 5 heteroatoms. The lowest BCUT2D eigenvalue weighted by Gasteiger charge is -2.24. The number of ether oxygens (including phenoxy) is 1. The normalized spacial score (nSPS) is 15.5. The molecule has 1 aliphatic rings. The fourth-order valence-corrected chi connectivity index (χ4v) is 2.16. The standard InChI is InChI=1S/C12H19N3O2/c1-12(2,3)15-9-5-6-13-7-8(9)10(14-15)11(16)17-4/h13H,5-7H2,1-4H3. The van der Waals surface area contributed by atoms with Gasteiger partial charge in [-0.25, -0.2) is 4.79 Å². The monoisotopic (exact) mass is 237 g/mol. The summed E-state index contributed by atoms with van der Waals surface area (Å²) in [5.41, 5.74) is 2.47. The van der Waals surface area contributed by atoms with E-state index in [0.29, 0.717) is 12.2 Å². The van der Waals surface area contributed by atoms with Crippen molar-refractivity contribution in [3.05, 3.63) is 17.0 Å². The van der Waals surface area contributed by atoms with E-state index in [1.807, 2.05) is 4.68 Å². The number of nitrogens with zero attached hydrogens (tertiary/aromatic N) is 2. The molecule has 0 fully saturated rings. The van der Waals surface area contributed by atoms with E-state index in [1.165, 1.54) is 7.11 Å². The van der Waals surface area contributed by atoms with Gasteiger partial charge in [-0.1, -0.05) is 0 Å². The van der Waals surface area contributed by atoms with Crippen LogP contribution in [0.15, 0.2) is 0 Å². The number of nitrogens with one attached hydrogen (secondary N) is 1. The molecule has 0 amide bonds. The molecule has 0 unspecified atom stereocenters. The van der Waals surface area contributed by atoms with Gasteiger partial charge in [0.25, 0.3) is 0 Å². The number of aromatic nitrogens is 2. The van der Waals surface area contributed by atoms with Crippen molar-refractivity contribution in [1.29, 1.82) is 0 Å². The molecule has 17 heavy (non-hydrogen) atoms. The van der Waals surface area contributed by atoms with Gasteiger partial charge in [-0.05, 0) is 20.8 Å². The van der Waals surface area contributed by atoms with Crippen molar-refractivity contribution < 1.29 is 9.53 Å². The number of esters is 1. The van der Waals surface area contributed by atoms with Crippen LogP contribution in [0.2, 0.25) is 0 Å². The number of rotatable bonds is 1. The first-order valence-electron chi connectivity index (χ1n) is 5.85. The predicted octanol–water partition coefficient (Wildman–Crippen LogP) is 1.07. The van der Waals surface area contributed by atoms with E-state index in [0.717, 1.165) is 24.2 Å². The molecule has 5 nitrogen and oxygen atoms in total. The van der Waals surface area contributed by atoms with Gasteiger partial charge in [0.2, 0.25) is 0 Å². The van der Waals surface area contributed by atoms with Crippen molar-refractivity contribution in [3.63, 3.8) is 0 Å². The minimum atomic E-state index is -0.354. The van der Waals surface area contributed by atoms with Crippen LogP contribution in [-0.2, 0) is 23.2 Å². The highest BCUT2D eigenvalue weighted by atomic mass is 16.5. The van der Waals surface area contributed by atoms with Crippen molar-refractivity contribution in [2.45, 2.75) is 39.3 Å². The first kappa shape index (κ1) is 12.1. The second kappa shape index (κ2) is 4.14. The lowest BCUT2D eigenvalue weighted by molar-refractivity contribution is 0.0591. The SMILES string of the molecule is COC(=O)c1nn(C(C)(C)C)c2c1CNCC2. The van der Waals surface area contributed by atoms with Gasteiger partial charge in [0.05, 0.1) is 12.6 Å². The molecule has 0 aliphatic carbocycles. The molecule has 1 aliphatic heterocycles. The van der Waals surface area contributed by atoms with E-state index in [2.05, 4.69) is 31.2 Å². The Balaban J connectivity index is 2.55. The zero-order valence-corrected chi connectivity index (χ0v) is 10.8. The number of hydrogen-bond acceptors (Lipinski definition) is 4. The molecule has 2 rings (SSSR count). The Bertz CT molecular complexity index is 443. The first-order valence-corrected chi connectivity index (χ1v) is 5.85. The number of carbonyl (C=O) groups is 1. The van der Waals surface area contributed by atoms with E-state index in [9.17, 15) is 4.79 Å². The zero-order valence-electron chi connectivity index (χ0n) is 10.8. The van der Waals surface area contributed by atoms with Crippen LogP contribution in [0.25, 0.3) is 0 Å². The fraction of sp³-hybridized carbons (Fsp3) is 0.667. The largest absolute Gasteiger partial charge is 0.464 e. The molecule has 0 saturated carbocycles. The average Bonchev–Trinajstić information content (AvgIpc) is 2.67. The molecule has 0 saturated heterocycles. The summed E-state index contributed by atoms with van der Waals surface area (Å²) in [7, 11) is 1.39. The highest BCUT2D eigenvalue weighted by Crippen LogP contribution is 2.25. The molecule has 1 N–H and O–H groups in total. The average molecular weight is 237 g/mol. The van der Waals surface area contributed by atoms with Crippen molar-refractivity contribution >= 4 is 5.97 Å². The highest BCUT2D eigenvalue weighted by Gasteiger charge is 2.29. The van der Waals surface area contributed by atoms with Crippen molar-refractivity contribution in [3.8, 4) is 0 Å². The van der Waals surface area contributed by atoms with E-state index < -0.39 is 0 Å². The molecule has 2 heterocycles. The van der Waals surface area contributed by atoms with E-state index in [4.69, 9.17) is 4.74 Å². The van der Waals surface area contributed by atoms with Crippen LogP contribution in [0.5, 0.6) is 0 Å². The maximum Gasteiger partial charge on any atom is 0.358 e. The van der Waals surface area contributed by atoms with E-state index in [1.54, 1.807) is 0 Å². The zero-order chi connectivity index (χ0) is 12.6. The number of carbonyl (C=O) groups excluding carboxylic acids is 1. The Kier molecular flexibility index (Phi) is 2.95. The van der Waals surface area contributed by atoms with Gasteiger partial charge in [-0.2, -0.15) is 5.10 Å². The van der Waals surface area contributed by atoms with Gasteiger partial charge >= 0.3 is 5.97 Å². The van der Waals surface area contributed by atoms with E-state index in [-0.39, 0.29) is 11.5 Å². The maximum absolute atomic E-state index is 11.7. The van der Waals surface area contributed by atoms with Crippen LogP contribution < -0.4 is 5.32 Å². The Labute approximate surface area is 101 Å². The van der Waals surface area contributed by atoms with Gasteiger partial charge in [0, 0.05) is 30.8 Å². The molecule has 0 radical (unpaired) electrons. The summed E-state index contributed by atoms with van der Waals surface area (Å²) in [6.45, 7) is 7.88. The number of methoxy groups -OCH3 is 1. The summed E-state index contributed by atoms with van der Waals surface area (Å²) in [4.78, 5) is 11.7. The molecular weight excluding hydrogens is 218 g/mol. The lowest BCUT2D eigenvalue weighted by atomic mass is 10.0. The smallest absolute Gasteiger partial charge is 0.358 e. The van der Waals surface area contributed by atoms with E-state index >= 15 is 0 Å². The van der Waals surface area contributed by atoms with Crippen LogP contribution >= 0.6 is 0 Å². The van der Waals surface area contributed by atoms with Crippen molar-refractivity contribution in [1.82, 2.24) is 15.1 Å². The number of fused-ring (bicyclic) bond motifs is 1. The topological polar surface area (TPSA) is 56.1 Å². The van der Waals surface area contributed by atoms with Gasteiger partial charge in [0.15, 0.2) is 5.69 Å². The summed E-state index contributed by atoms with van der Waals surface area (Å²) in [5, 5.41) is 7.70. The van der Waals surface area contributed by atoms with Crippen LogP contribution in [0.4, 0.5) is 0 Å². The third-order valence-corrected chi connectivity index (χ3v) is 2.94. The highest BCUT2D eigenvalue weighted by molar-refractivity contribution is 5.89. The minimum Gasteiger partial charge on any atom is -0.464 e. The summed E-state index contributed by atoms with van der Waals surface area (Å²) < 4.78 is 6.74. The third-order valence-electron chi connectivity index (χ3n) is 2.94. The molecule has 0 bridgehead atoms. The summed E-state index contributed by atoms with van der Waals surface area (Å²) >= 11 is 0. The van der Waals surface area contributed by atoms with Crippen LogP contribution in [0.1, 0.15) is 42.5 Å². The molecule has 1 aromatic heterocycles. The first-order chi connectivity index (χ1) is 7.95. The second-order valence-corrected chi connectivity index (χ2v) is 5.27. The minimum absolute atomic E-state index is 0.117. The molecule has 94 valence electrons. The van der Waals surface area contributed by atoms with Gasteiger partial charge < -0.3 is 10.1 Å². The van der Waals surface area contributed by atoms with Gasteiger partial charge in [0.1, 0.15) is 0 Å². The fourth-order valence-electron chi connectivity index (χ4n) is 2.16. The Hall–Kier alpha value is -1.36. The Morgan fingerprint density at radius 2 is 2.18 bits per heavy atom. The quantitative estimate of drug-likeness (QED) is 0.742. The second-order valence-electron chi connectivity index (χ2n) is 5.27. The van der Waals surface area contributed by atoms with Gasteiger partial charge in [-0.3, -0.25) is 4.68 Å². The molecule has 0 atom stereocenters. The van der Waals surface area contributed by atoms with Crippen molar-refractivity contribution in [2.75, 3.05) is 13.7 Å². The molecule has 0 aromatic carbocycles. The molecular formula is C12H19N3O2. The Morgan fingerprint density at radius 1 is 1.47 bits per heavy atom. The van der Waals surface area contributed by atoms with Crippen molar-refractivity contribution in [2.24, 2.45) is 0 Å². The predicted molar refractivity (Wildman–Crippen MR) is 64.0 cm³/mol. The van der Waals surface area contributed by atoms with Crippen LogP contribution in [0.3, 0.4) is 0 Å².